The Morgan fingerprint density at radius 3 is 2.52 bits per heavy atom. The molecular weight excluding hydrogens is 414 g/mol. The minimum Gasteiger partial charge on any atom is -0.362 e. The normalized spacial score (nSPS) is 19.7. The molecule has 1 aromatic heterocycles. The first-order valence-corrected chi connectivity index (χ1v) is 12.1. The van der Waals surface area contributed by atoms with Gasteiger partial charge >= 0.3 is 0 Å². The number of hydrogen-bond acceptors (Lipinski definition) is 6. The maximum atomic E-state index is 13.4. The van der Waals surface area contributed by atoms with Gasteiger partial charge < -0.3 is 9.80 Å². The predicted molar refractivity (Wildman–Crippen MR) is 118 cm³/mol. The fraction of sp³-hybridized carbons (Fsp3) is 0.500. The molecule has 2 aromatic rings. The summed E-state index contributed by atoms with van der Waals surface area (Å²) in [5.41, 5.74) is 1.86. The van der Waals surface area contributed by atoms with E-state index in [2.05, 4.69) is 0 Å². The lowest BCUT2D eigenvalue weighted by Gasteiger charge is -2.35. The molecule has 0 saturated carbocycles. The predicted octanol–water partition coefficient (Wildman–Crippen LogP) is 2.36. The van der Waals surface area contributed by atoms with Crippen LogP contribution in [0.2, 0.25) is 0 Å². The molecule has 0 N–H and O–H groups in total. The number of rotatable bonds is 4. The van der Waals surface area contributed by atoms with Crippen LogP contribution in [0.3, 0.4) is 0 Å². The van der Waals surface area contributed by atoms with Gasteiger partial charge in [0.1, 0.15) is 11.6 Å². The molecule has 1 atom stereocenters. The van der Waals surface area contributed by atoms with Crippen LogP contribution in [0.1, 0.15) is 49.3 Å². The Kier molecular flexibility index (Phi) is 5.98. The number of benzene rings is 1. The summed E-state index contributed by atoms with van der Waals surface area (Å²) < 4.78 is 28.4. The van der Waals surface area contributed by atoms with E-state index in [1.807, 2.05) is 25.1 Å². The van der Waals surface area contributed by atoms with Gasteiger partial charge in [-0.25, -0.2) is 18.4 Å². The number of amides is 1. The molecule has 0 spiro atoms. The Bertz CT molecular complexity index is 1070. The zero-order valence-corrected chi connectivity index (χ0v) is 19.1. The molecule has 1 aromatic carbocycles. The van der Waals surface area contributed by atoms with Gasteiger partial charge in [-0.2, -0.15) is 4.31 Å². The van der Waals surface area contributed by atoms with E-state index in [1.165, 1.54) is 0 Å². The smallest absolute Gasteiger partial charge is 0.243 e. The first-order chi connectivity index (χ1) is 14.8. The van der Waals surface area contributed by atoms with Crippen LogP contribution >= 0.6 is 0 Å². The van der Waals surface area contributed by atoms with Gasteiger partial charge in [0.15, 0.2) is 0 Å². The quantitative estimate of drug-likeness (QED) is 0.721. The topological polar surface area (TPSA) is 86.7 Å². The highest BCUT2D eigenvalue weighted by molar-refractivity contribution is 7.89. The van der Waals surface area contributed by atoms with Crippen LogP contribution in [0, 0.1) is 0 Å². The molecule has 1 saturated heterocycles. The molecule has 9 heteroatoms. The summed E-state index contributed by atoms with van der Waals surface area (Å²) >= 11 is 0. The van der Waals surface area contributed by atoms with E-state index in [0.717, 1.165) is 29.9 Å². The Labute approximate surface area is 183 Å². The minimum absolute atomic E-state index is 0.0341. The molecule has 0 bridgehead atoms. The largest absolute Gasteiger partial charge is 0.362 e. The van der Waals surface area contributed by atoms with Crippen molar-refractivity contribution in [1.82, 2.24) is 19.2 Å². The molecule has 8 nitrogen and oxygen atoms in total. The number of sulfonamides is 1. The van der Waals surface area contributed by atoms with Crippen LogP contribution in [-0.4, -0.2) is 60.7 Å². The van der Waals surface area contributed by atoms with Crippen LogP contribution < -0.4 is 4.90 Å². The second kappa shape index (κ2) is 8.55. The van der Waals surface area contributed by atoms with Gasteiger partial charge in [0.2, 0.25) is 15.9 Å². The fourth-order valence-corrected chi connectivity index (χ4v) is 6.06. The summed E-state index contributed by atoms with van der Waals surface area (Å²) in [6.45, 7) is 3.12. The van der Waals surface area contributed by atoms with E-state index >= 15 is 0 Å². The van der Waals surface area contributed by atoms with Crippen molar-refractivity contribution >= 4 is 21.7 Å². The number of fused-ring (bicyclic) bond motifs is 1. The molecule has 2 aliphatic rings. The van der Waals surface area contributed by atoms with Crippen molar-refractivity contribution < 1.29 is 13.2 Å². The third-order valence-corrected chi connectivity index (χ3v) is 7.95. The van der Waals surface area contributed by atoms with Crippen LogP contribution in [-0.2, 0) is 27.8 Å². The molecule has 0 aliphatic carbocycles. The fourth-order valence-electron chi connectivity index (χ4n) is 4.38. The standard InChI is InChI=1S/C22H29N5O3S/c1-16(28)26-14-12-19-18(15-26)22(25(2)3)24-21(23-19)20-11-7-8-13-27(20)31(29,30)17-9-5-4-6-10-17/h4-6,9-10,20H,7-8,11-15H2,1-3H3. The highest BCUT2D eigenvalue weighted by Crippen LogP contribution is 2.36. The van der Waals surface area contributed by atoms with Crippen LogP contribution in [0.5, 0.6) is 0 Å². The van der Waals surface area contributed by atoms with Crippen LogP contribution in [0.15, 0.2) is 35.2 Å². The molecule has 3 heterocycles. The monoisotopic (exact) mass is 443 g/mol. The SMILES string of the molecule is CC(=O)N1CCc2nc(C3CCCCN3S(=O)(=O)c3ccccc3)nc(N(C)C)c2C1. The van der Waals surface area contributed by atoms with Gasteiger partial charge in [0.25, 0.3) is 0 Å². The lowest BCUT2D eigenvalue weighted by Crippen LogP contribution is -2.40. The Hall–Kier alpha value is -2.52. The second-order valence-corrected chi connectivity index (χ2v) is 10.2. The second-order valence-electron chi connectivity index (χ2n) is 8.36. The lowest BCUT2D eigenvalue weighted by molar-refractivity contribution is -0.129. The van der Waals surface area contributed by atoms with E-state index in [-0.39, 0.29) is 5.91 Å². The van der Waals surface area contributed by atoms with Crippen molar-refractivity contribution in [2.24, 2.45) is 0 Å². The molecule has 166 valence electrons. The van der Waals surface area contributed by atoms with Gasteiger partial charge in [-0.1, -0.05) is 24.6 Å². The Morgan fingerprint density at radius 1 is 1.10 bits per heavy atom. The zero-order chi connectivity index (χ0) is 22.2. The molecule has 1 amide bonds. The Balaban J connectivity index is 1.76. The number of piperidine rings is 1. The van der Waals surface area contributed by atoms with Crippen LogP contribution in [0.25, 0.3) is 0 Å². The van der Waals surface area contributed by atoms with E-state index in [0.29, 0.717) is 43.2 Å². The van der Waals surface area contributed by atoms with Gasteiger partial charge in [0.05, 0.1) is 23.2 Å². The van der Waals surface area contributed by atoms with Crippen molar-refractivity contribution in [2.75, 3.05) is 32.1 Å². The van der Waals surface area contributed by atoms with E-state index in [1.54, 1.807) is 40.4 Å². The summed E-state index contributed by atoms with van der Waals surface area (Å²) in [5, 5.41) is 0. The molecular formula is C22H29N5O3S. The molecule has 4 rings (SSSR count). The van der Waals surface area contributed by atoms with Crippen molar-refractivity contribution in [3.63, 3.8) is 0 Å². The molecule has 2 aliphatic heterocycles. The summed E-state index contributed by atoms with van der Waals surface area (Å²) in [6, 6.07) is 8.17. The third-order valence-electron chi connectivity index (χ3n) is 6.03. The van der Waals surface area contributed by atoms with Gasteiger partial charge in [-0.3, -0.25) is 4.79 Å². The molecule has 0 radical (unpaired) electrons. The van der Waals surface area contributed by atoms with Gasteiger partial charge in [-0.05, 0) is 25.0 Å². The maximum absolute atomic E-state index is 13.4. The zero-order valence-electron chi connectivity index (χ0n) is 18.3. The van der Waals surface area contributed by atoms with Crippen molar-refractivity contribution in [3.8, 4) is 0 Å². The number of carbonyl (C=O) groups excluding carboxylic acids is 1. The summed E-state index contributed by atoms with van der Waals surface area (Å²) in [7, 11) is 0.183. The van der Waals surface area contributed by atoms with Gasteiger partial charge in [0, 0.05) is 46.1 Å². The number of hydrogen-bond donors (Lipinski definition) is 0. The molecule has 1 fully saturated rings. The van der Waals surface area contributed by atoms with E-state index in [4.69, 9.17) is 9.97 Å². The van der Waals surface area contributed by atoms with Crippen molar-refractivity contribution in [3.05, 3.63) is 47.4 Å². The van der Waals surface area contributed by atoms with E-state index < -0.39 is 16.1 Å². The average Bonchev–Trinajstić information content (AvgIpc) is 2.78. The number of anilines is 1. The first kappa shape index (κ1) is 21.7. The maximum Gasteiger partial charge on any atom is 0.243 e. The average molecular weight is 444 g/mol. The molecule has 1 unspecified atom stereocenters. The summed E-state index contributed by atoms with van der Waals surface area (Å²) in [6.07, 6.45) is 3.09. The van der Waals surface area contributed by atoms with Crippen molar-refractivity contribution in [2.45, 2.75) is 50.1 Å². The number of carbonyl (C=O) groups is 1. The van der Waals surface area contributed by atoms with Crippen LogP contribution in [0.4, 0.5) is 5.82 Å². The highest BCUT2D eigenvalue weighted by Gasteiger charge is 2.37. The Morgan fingerprint density at radius 2 is 1.84 bits per heavy atom. The molecule has 31 heavy (non-hydrogen) atoms. The number of aromatic nitrogens is 2. The summed E-state index contributed by atoms with van der Waals surface area (Å²) in [4.78, 5) is 25.6. The van der Waals surface area contributed by atoms with E-state index in [9.17, 15) is 13.2 Å². The lowest BCUT2D eigenvalue weighted by atomic mass is 10.0. The third kappa shape index (κ3) is 4.16. The number of nitrogens with zero attached hydrogens (tertiary/aromatic N) is 5. The summed E-state index contributed by atoms with van der Waals surface area (Å²) in [5.74, 6) is 1.35. The minimum atomic E-state index is -3.65. The van der Waals surface area contributed by atoms with Gasteiger partial charge in [-0.15, -0.1) is 0 Å². The highest BCUT2D eigenvalue weighted by atomic mass is 32.2. The first-order valence-electron chi connectivity index (χ1n) is 10.7. The van der Waals surface area contributed by atoms with Crippen molar-refractivity contribution in [1.29, 1.82) is 0 Å².